The highest BCUT2D eigenvalue weighted by molar-refractivity contribution is 6.12. The summed E-state index contributed by atoms with van der Waals surface area (Å²) in [6, 6.07) is 15.4. The number of aromatic hydroxyl groups is 1. The van der Waals surface area contributed by atoms with Crippen LogP contribution in [0.1, 0.15) is 37.5 Å². The van der Waals surface area contributed by atoms with Crippen molar-refractivity contribution in [1.82, 2.24) is 19.2 Å². The van der Waals surface area contributed by atoms with E-state index in [1.807, 2.05) is 0 Å². The topological polar surface area (TPSA) is 83.6 Å². The van der Waals surface area contributed by atoms with Crippen molar-refractivity contribution < 1.29 is 32.3 Å². The van der Waals surface area contributed by atoms with Crippen LogP contribution in [0.4, 0.5) is 28.9 Å². The van der Waals surface area contributed by atoms with E-state index in [-0.39, 0.29) is 34.7 Å². The number of aromatic nitrogens is 3. The summed E-state index contributed by atoms with van der Waals surface area (Å²) in [5, 5.41) is 14.0. The molecule has 3 heterocycles. The van der Waals surface area contributed by atoms with Crippen molar-refractivity contribution in [3.63, 3.8) is 0 Å². The molecule has 1 aliphatic heterocycles. The molecule has 236 valence electrons. The van der Waals surface area contributed by atoms with Crippen LogP contribution in [0.5, 0.6) is 5.75 Å². The summed E-state index contributed by atoms with van der Waals surface area (Å²) >= 11 is 0. The zero-order valence-electron chi connectivity index (χ0n) is 25.1. The lowest BCUT2D eigenvalue weighted by Gasteiger charge is -2.38. The maximum atomic E-state index is 14.8. The molecule has 1 N–H and O–H groups in total. The normalized spacial score (nSPS) is 14.7. The first kappa shape index (κ1) is 30.6. The van der Waals surface area contributed by atoms with Crippen LogP contribution in [0.25, 0.3) is 11.3 Å². The zero-order chi connectivity index (χ0) is 32.9. The molecule has 0 bridgehead atoms. The number of amides is 2. The Morgan fingerprint density at radius 1 is 0.935 bits per heavy atom. The summed E-state index contributed by atoms with van der Waals surface area (Å²) in [4.78, 5) is 30.4. The highest BCUT2D eigenvalue weighted by Gasteiger charge is 2.48. The Labute approximate surface area is 261 Å². The SMILES string of the molecule is Cc1c(C(=O)N(c2ccc(O)cc2)c2cnn(C)c2)cc(-c2cc(F)ccc2C(=O)N2Cc3ccccc3C[C@H]2C(F)(F)F)n1C. The second kappa shape index (κ2) is 11.5. The molecule has 5 aromatic rings. The first-order valence-electron chi connectivity index (χ1n) is 14.4. The molecule has 0 spiro atoms. The average molecular weight is 632 g/mol. The Morgan fingerprint density at radius 3 is 2.28 bits per heavy atom. The van der Waals surface area contributed by atoms with Crippen molar-refractivity contribution in [3.8, 4) is 17.0 Å². The minimum Gasteiger partial charge on any atom is -0.508 e. The number of alkyl halides is 3. The second-order valence-corrected chi connectivity index (χ2v) is 11.3. The summed E-state index contributed by atoms with van der Waals surface area (Å²) in [7, 11) is 3.33. The van der Waals surface area contributed by atoms with Crippen molar-refractivity contribution in [2.24, 2.45) is 14.1 Å². The number of hydrogen-bond acceptors (Lipinski definition) is 4. The van der Waals surface area contributed by atoms with E-state index in [9.17, 15) is 32.3 Å². The second-order valence-electron chi connectivity index (χ2n) is 11.3. The lowest BCUT2D eigenvalue weighted by molar-refractivity contribution is -0.179. The van der Waals surface area contributed by atoms with E-state index in [1.54, 1.807) is 68.2 Å². The van der Waals surface area contributed by atoms with E-state index in [0.29, 0.717) is 28.2 Å². The molecule has 0 saturated carbocycles. The minimum absolute atomic E-state index is 0.00812. The standard InChI is InChI=1S/C34H29F4N5O3/c1-20-28(33(46)43(25-17-39-40(2)19-25)24-9-11-26(44)12-10-24)16-30(41(20)3)29-15-23(35)8-13-27(29)32(45)42-18-22-7-5-4-6-21(22)14-31(42)34(36,37)38/h4-13,15-17,19,31,44H,14,18H2,1-3H3/t31-/m0/s1. The van der Waals surface area contributed by atoms with E-state index in [4.69, 9.17) is 0 Å². The number of anilines is 2. The molecule has 0 unspecified atom stereocenters. The van der Waals surface area contributed by atoms with Gasteiger partial charge in [-0.2, -0.15) is 18.3 Å². The third-order valence-electron chi connectivity index (χ3n) is 8.40. The molecule has 2 amide bonds. The lowest BCUT2D eigenvalue weighted by atomic mass is 9.92. The molecule has 0 saturated heterocycles. The molecule has 0 radical (unpaired) electrons. The lowest BCUT2D eigenvalue weighted by Crippen LogP contribution is -2.52. The van der Waals surface area contributed by atoms with Crippen molar-refractivity contribution in [3.05, 3.63) is 119 Å². The summed E-state index contributed by atoms with van der Waals surface area (Å²) in [6.07, 6.45) is -1.96. The summed E-state index contributed by atoms with van der Waals surface area (Å²) < 4.78 is 60.9. The van der Waals surface area contributed by atoms with Crippen LogP contribution in [-0.4, -0.2) is 48.4 Å². The average Bonchev–Trinajstić information content (AvgIpc) is 3.58. The maximum Gasteiger partial charge on any atom is 0.409 e. The number of phenols is 1. The third kappa shape index (κ3) is 5.50. The van der Waals surface area contributed by atoms with Crippen LogP contribution in [0.2, 0.25) is 0 Å². The molecule has 8 nitrogen and oxygen atoms in total. The number of halogens is 4. The van der Waals surface area contributed by atoms with Crippen LogP contribution in [-0.2, 0) is 27.1 Å². The quantitative estimate of drug-likeness (QED) is 0.219. The van der Waals surface area contributed by atoms with Crippen LogP contribution in [0, 0.1) is 12.7 Å². The fourth-order valence-corrected chi connectivity index (χ4v) is 5.90. The molecule has 1 aliphatic rings. The number of fused-ring (bicyclic) bond motifs is 1. The predicted octanol–water partition coefficient (Wildman–Crippen LogP) is 6.69. The number of benzene rings is 3. The van der Waals surface area contributed by atoms with Gasteiger partial charge in [-0.3, -0.25) is 19.2 Å². The van der Waals surface area contributed by atoms with Crippen molar-refractivity contribution in [2.45, 2.75) is 32.1 Å². The number of phenolic OH excluding ortho intramolecular Hbond substituents is 1. The Morgan fingerprint density at radius 2 is 1.63 bits per heavy atom. The summed E-state index contributed by atoms with van der Waals surface area (Å²) in [5.74, 6) is -2.07. The molecule has 2 aromatic heterocycles. The molecule has 0 fully saturated rings. The van der Waals surface area contributed by atoms with E-state index < -0.39 is 36.3 Å². The van der Waals surface area contributed by atoms with Crippen LogP contribution in [0.15, 0.2) is 85.2 Å². The number of carbonyl (C=O) groups excluding carboxylic acids is 2. The van der Waals surface area contributed by atoms with Gasteiger partial charge in [-0.05, 0) is 66.6 Å². The molecular formula is C34H29F4N5O3. The molecule has 0 aliphatic carbocycles. The van der Waals surface area contributed by atoms with Gasteiger partial charge in [-0.15, -0.1) is 0 Å². The van der Waals surface area contributed by atoms with E-state index >= 15 is 0 Å². The first-order valence-corrected chi connectivity index (χ1v) is 14.4. The maximum absolute atomic E-state index is 14.8. The Kier molecular flexibility index (Phi) is 7.67. The fourth-order valence-electron chi connectivity index (χ4n) is 5.90. The highest BCUT2D eigenvalue weighted by atomic mass is 19.4. The number of aryl methyl sites for hydroxylation is 1. The number of rotatable bonds is 5. The summed E-state index contributed by atoms with van der Waals surface area (Å²) in [6.45, 7) is 1.41. The Hall–Kier alpha value is -5.39. The van der Waals surface area contributed by atoms with Crippen LogP contribution >= 0.6 is 0 Å². The van der Waals surface area contributed by atoms with E-state index in [0.717, 1.165) is 17.0 Å². The van der Waals surface area contributed by atoms with Crippen LogP contribution in [0.3, 0.4) is 0 Å². The minimum atomic E-state index is -4.70. The van der Waals surface area contributed by atoms with Gasteiger partial charge in [0.25, 0.3) is 11.8 Å². The largest absolute Gasteiger partial charge is 0.508 e. The van der Waals surface area contributed by atoms with Crippen molar-refractivity contribution >= 4 is 23.2 Å². The van der Waals surface area contributed by atoms with E-state index in [2.05, 4.69) is 5.10 Å². The van der Waals surface area contributed by atoms with Gasteiger partial charge in [-0.25, -0.2) is 4.39 Å². The van der Waals surface area contributed by atoms with Crippen molar-refractivity contribution in [1.29, 1.82) is 0 Å². The van der Waals surface area contributed by atoms with Gasteiger partial charge in [0.1, 0.15) is 17.6 Å². The number of carbonyl (C=O) groups is 2. The third-order valence-corrected chi connectivity index (χ3v) is 8.40. The molecular weight excluding hydrogens is 602 g/mol. The fraction of sp³-hybridized carbons (Fsp3) is 0.206. The molecule has 12 heteroatoms. The predicted molar refractivity (Wildman–Crippen MR) is 163 cm³/mol. The first-order chi connectivity index (χ1) is 21.8. The Balaban J connectivity index is 1.44. The molecule has 1 atom stereocenters. The zero-order valence-corrected chi connectivity index (χ0v) is 25.1. The Bertz CT molecular complexity index is 1960. The van der Waals surface area contributed by atoms with Gasteiger partial charge in [0.2, 0.25) is 0 Å². The van der Waals surface area contributed by atoms with Gasteiger partial charge < -0.3 is 14.6 Å². The van der Waals surface area contributed by atoms with Crippen molar-refractivity contribution in [2.75, 3.05) is 4.90 Å². The smallest absolute Gasteiger partial charge is 0.409 e. The molecule has 46 heavy (non-hydrogen) atoms. The van der Waals surface area contributed by atoms with Gasteiger partial charge in [0, 0.05) is 61.5 Å². The van der Waals surface area contributed by atoms with Gasteiger partial charge in [0.15, 0.2) is 0 Å². The van der Waals surface area contributed by atoms with Gasteiger partial charge in [-0.1, -0.05) is 24.3 Å². The molecule has 3 aromatic carbocycles. The van der Waals surface area contributed by atoms with Crippen LogP contribution < -0.4 is 4.90 Å². The molecule has 6 rings (SSSR count). The highest BCUT2D eigenvalue weighted by Crippen LogP contribution is 2.38. The van der Waals surface area contributed by atoms with Gasteiger partial charge >= 0.3 is 6.18 Å². The van der Waals surface area contributed by atoms with E-state index in [1.165, 1.54) is 40.0 Å². The number of nitrogens with zero attached hydrogens (tertiary/aromatic N) is 5. The summed E-state index contributed by atoms with van der Waals surface area (Å²) in [5.41, 5.74) is 2.85. The monoisotopic (exact) mass is 631 g/mol. The van der Waals surface area contributed by atoms with Gasteiger partial charge in [0.05, 0.1) is 17.4 Å². The number of hydrogen-bond donors (Lipinski definition) is 1.